The van der Waals surface area contributed by atoms with Gasteiger partial charge in [-0.25, -0.2) is 9.59 Å². The van der Waals surface area contributed by atoms with Crippen LogP contribution in [-0.2, 0) is 42.8 Å². The van der Waals surface area contributed by atoms with Gasteiger partial charge in [-0.1, -0.05) is 66.7 Å². The highest BCUT2D eigenvalue weighted by molar-refractivity contribution is 7.62. The molecule has 202 valence electrons. The number of carboxylic acids is 1. The summed E-state index contributed by atoms with van der Waals surface area (Å²) in [6.45, 7) is 4.86. The Bertz CT molecular complexity index is 1230. The van der Waals surface area contributed by atoms with Gasteiger partial charge in [0.15, 0.2) is 0 Å². The maximum atomic E-state index is 14.3. The van der Waals surface area contributed by atoms with Gasteiger partial charge in [0.05, 0.1) is 18.5 Å². The van der Waals surface area contributed by atoms with Crippen molar-refractivity contribution in [2.45, 2.75) is 52.0 Å². The third kappa shape index (κ3) is 8.73. The van der Waals surface area contributed by atoms with Crippen LogP contribution in [0.15, 0.2) is 78.9 Å². The van der Waals surface area contributed by atoms with Crippen LogP contribution in [-0.4, -0.2) is 33.9 Å². The molecule has 10 heteroatoms. The number of alkyl carbamates (subject to hydrolysis) is 1. The standard InChI is InChI=1S/C28H32NO8P/c1-28(2,3)37-27(33)29-24(26(31)32)16-22-14-15-23(30)17-25(22)38(34,35-18-20-10-6-4-7-11-20)36-19-21-12-8-5-9-13-21/h4-15,17,24,30H,16,18-19H2,1-3H3,(H,29,33)(H,31,32)/t24-/m0/s1. The monoisotopic (exact) mass is 541 g/mol. The topological polar surface area (TPSA) is 131 Å². The van der Waals surface area contributed by atoms with Crippen LogP contribution in [0.4, 0.5) is 4.79 Å². The zero-order valence-corrected chi connectivity index (χ0v) is 22.4. The number of aliphatic carboxylic acids is 1. The third-order valence-corrected chi connectivity index (χ3v) is 7.21. The quantitative estimate of drug-likeness (QED) is 0.284. The molecule has 0 aliphatic rings. The Kier molecular flexibility index (Phi) is 9.69. The molecule has 3 rings (SSSR count). The lowest BCUT2D eigenvalue weighted by atomic mass is 10.1. The van der Waals surface area contributed by atoms with E-state index in [4.69, 9.17) is 13.8 Å². The van der Waals surface area contributed by atoms with Gasteiger partial charge in [-0.05, 0) is 49.6 Å². The summed E-state index contributed by atoms with van der Waals surface area (Å²) < 4.78 is 31.2. The molecular formula is C28H32NO8P. The summed E-state index contributed by atoms with van der Waals surface area (Å²) in [4.78, 5) is 24.3. The van der Waals surface area contributed by atoms with Gasteiger partial charge in [0.1, 0.15) is 17.4 Å². The Balaban J connectivity index is 1.94. The van der Waals surface area contributed by atoms with Crippen LogP contribution in [0.5, 0.6) is 5.75 Å². The Morgan fingerprint density at radius 3 is 1.89 bits per heavy atom. The van der Waals surface area contributed by atoms with E-state index < -0.39 is 31.3 Å². The first-order valence-corrected chi connectivity index (χ1v) is 13.5. The minimum atomic E-state index is -4.12. The van der Waals surface area contributed by atoms with Crippen molar-refractivity contribution in [3.63, 3.8) is 0 Å². The molecule has 0 radical (unpaired) electrons. The average Bonchev–Trinajstić information content (AvgIpc) is 2.87. The van der Waals surface area contributed by atoms with E-state index in [2.05, 4.69) is 5.32 Å². The van der Waals surface area contributed by atoms with Gasteiger partial charge in [-0.2, -0.15) is 0 Å². The highest BCUT2D eigenvalue weighted by Gasteiger charge is 2.34. The van der Waals surface area contributed by atoms with Crippen molar-refractivity contribution < 1.29 is 38.2 Å². The number of phenols is 1. The number of rotatable bonds is 11. The summed E-state index contributed by atoms with van der Waals surface area (Å²) in [6, 6.07) is 20.7. The number of ether oxygens (including phenoxy) is 1. The number of phenolic OH excluding ortho intramolecular Hbond substituents is 1. The summed E-state index contributed by atoms with van der Waals surface area (Å²) >= 11 is 0. The van der Waals surface area contributed by atoms with Crippen molar-refractivity contribution >= 4 is 25.0 Å². The molecule has 0 aliphatic heterocycles. The Morgan fingerprint density at radius 2 is 1.42 bits per heavy atom. The lowest BCUT2D eigenvalue weighted by Gasteiger charge is -2.24. The van der Waals surface area contributed by atoms with Crippen molar-refractivity contribution in [2.75, 3.05) is 0 Å². The molecule has 38 heavy (non-hydrogen) atoms. The fourth-order valence-corrected chi connectivity index (χ4v) is 5.29. The zero-order chi connectivity index (χ0) is 27.8. The van der Waals surface area contributed by atoms with Crippen molar-refractivity contribution in [2.24, 2.45) is 0 Å². The number of hydrogen-bond donors (Lipinski definition) is 3. The van der Waals surface area contributed by atoms with Crippen LogP contribution < -0.4 is 10.6 Å². The molecule has 0 unspecified atom stereocenters. The van der Waals surface area contributed by atoms with Crippen molar-refractivity contribution in [1.82, 2.24) is 5.32 Å². The lowest BCUT2D eigenvalue weighted by Crippen LogP contribution is -2.45. The van der Waals surface area contributed by atoms with E-state index in [1.54, 1.807) is 45.0 Å². The van der Waals surface area contributed by atoms with E-state index >= 15 is 0 Å². The number of nitrogens with one attached hydrogen (secondary N) is 1. The van der Waals surface area contributed by atoms with Gasteiger partial charge >= 0.3 is 19.7 Å². The summed E-state index contributed by atoms with van der Waals surface area (Å²) in [7, 11) is -4.12. The molecule has 9 nitrogen and oxygen atoms in total. The molecule has 0 saturated heterocycles. The van der Waals surface area contributed by atoms with Crippen LogP contribution in [0.25, 0.3) is 0 Å². The molecule has 0 saturated carbocycles. The van der Waals surface area contributed by atoms with Crippen molar-refractivity contribution in [3.8, 4) is 5.75 Å². The fraction of sp³-hybridized carbons (Fsp3) is 0.286. The average molecular weight is 542 g/mol. The second kappa shape index (κ2) is 12.7. The van der Waals surface area contributed by atoms with Gasteiger partial charge in [-0.3, -0.25) is 4.57 Å². The van der Waals surface area contributed by atoms with Crippen LogP contribution in [0.2, 0.25) is 0 Å². The normalized spacial score (nSPS) is 12.5. The zero-order valence-electron chi connectivity index (χ0n) is 21.5. The predicted molar refractivity (Wildman–Crippen MR) is 142 cm³/mol. The second-order valence-electron chi connectivity index (χ2n) is 9.57. The molecule has 0 bridgehead atoms. The van der Waals surface area contributed by atoms with Crippen LogP contribution >= 0.6 is 7.60 Å². The number of carboxylic acid groups (broad SMARTS) is 1. The molecule has 1 amide bonds. The molecule has 3 aromatic rings. The maximum Gasteiger partial charge on any atom is 0.408 e. The summed E-state index contributed by atoms with van der Waals surface area (Å²) in [6.07, 6.45) is -1.17. The van der Waals surface area contributed by atoms with Gasteiger partial charge in [0, 0.05) is 6.42 Å². The van der Waals surface area contributed by atoms with Gasteiger partial charge in [0.2, 0.25) is 0 Å². The first-order chi connectivity index (χ1) is 17.9. The number of hydrogen-bond acceptors (Lipinski definition) is 7. The van der Waals surface area contributed by atoms with Crippen LogP contribution in [0, 0.1) is 0 Å². The molecular weight excluding hydrogens is 509 g/mol. The van der Waals surface area contributed by atoms with Crippen LogP contribution in [0.3, 0.4) is 0 Å². The van der Waals surface area contributed by atoms with E-state index in [9.17, 15) is 24.4 Å². The number of carbonyl (C=O) groups excluding carboxylic acids is 1. The van der Waals surface area contributed by atoms with E-state index in [0.717, 1.165) is 11.1 Å². The SMILES string of the molecule is CC(C)(C)OC(=O)N[C@@H](Cc1ccc(O)cc1P(=O)(OCc1ccccc1)OCc1ccccc1)C(=O)O. The number of aromatic hydroxyl groups is 1. The Labute approximate surface area is 221 Å². The number of amides is 1. The Hall–Kier alpha value is -3.65. The fourth-order valence-electron chi connectivity index (χ4n) is 3.49. The van der Waals surface area contributed by atoms with Gasteiger partial charge < -0.3 is 29.3 Å². The summed E-state index contributed by atoms with van der Waals surface area (Å²) in [5.74, 6) is -1.53. The highest BCUT2D eigenvalue weighted by atomic mass is 31.2. The molecule has 3 N–H and O–H groups in total. The van der Waals surface area contributed by atoms with Gasteiger partial charge in [0.25, 0.3) is 0 Å². The molecule has 3 aromatic carbocycles. The molecule has 0 heterocycles. The summed E-state index contributed by atoms with van der Waals surface area (Å²) in [5.41, 5.74) is 0.916. The minimum Gasteiger partial charge on any atom is -0.508 e. The molecule has 1 atom stereocenters. The van der Waals surface area contributed by atoms with Crippen molar-refractivity contribution in [1.29, 1.82) is 0 Å². The van der Waals surface area contributed by atoms with Gasteiger partial charge in [-0.15, -0.1) is 0 Å². The molecule has 0 spiro atoms. The summed E-state index contributed by atoms with van der Waals surface area (Å²) in [5, 5.41) is 22.4. The third-order valence-electron chi connectivity index (χ3n) is 5.27. The maximum absolute atomic E-state index is 14.3. The lowest BCUT2D eigenvalue weighted by molar-refractivity contribution is -0.139. The number of benzene rings is 3. The van der Waals surface area contributed by atoms with Crippen LogP contribution in [0.1, 0.15) is 37.5 Å². The molecule has 0 aliphatic carbocycles. The largest absolute Gasteiger partial charge is 0.508 e. The van der Waals surface area contributed by atoms with E-state index in [1.807, 2.05) is 36.4 Å². The van der Waals surface area contributed by atoms with Crippen molar-refractivity contribution in [3.05, 3.63) is 95.6 Å². The first-order valence-electron chi connectivity index (χ1n) is 12.0. The predicted octanol–water partition coefficient (Wildman–Crippen LogP) is 5.16. The molecule has 0 fully saturated rings. The second-order valence-corrected chi connectivity index (χ2v) is 11.6. The smallest absolute Gasteiger partial charge is 0.408 e. The number of carbonyl (C=O) groups is 2. The molecule has 0 aromatic heterocycles. The highest BCUT2D eigenvalue weighted by Crippen LogP contribution is 2.50. The van der Waals surface area contributed by atoms with E-state index in [0.29, 0.717) is 0 Å². The van der Waals surface area contributed by atoms with E-state index in [-0.39, 0.29) is 36.3 Å². The Morgan fingerprint density at radius 1 is 0.895 bits per heavy atom. The van der Waals surface area contributed by atoms with E-state index in [1.165, 1.54) is 18.2 Å². The first kappa shape index (κ1) is 28.9. The minimum absolute atomic E-state index is 0.00148.